The highest BCUT2D eigenvalue weighted by atomic mass is 79.9. The van der Waals surface area contributed by atoms with Crippen LogP contribution in [0.2, 0.25) is 5.02 Å². The molecule has 0 aromatic heterocycles. The largest absolute Gasteiger partial charge is 0.496 e. The van der Waals surface area contributed by atoms with Gasteiger partial charge in [-0.15, -0.1) is 0 Å². The molecule has 0 aliphatic carbocycles. The van der Waals surface area contributed by atoms with Crippen LogP contribution >= 0.6 is 43.5 Å². The number of carbonyl (C=O) groups excluding carboxylic acids is 3. The molecule has 14 heteroatoms. The highest BCUT2D eigenvalue weighted by Crippen LogP contribution is 2.32. The Hall–Kier alpha value is -4.85. The molecule has 45 heavy (non-hydrogen) atoms. The number of nitro groups is 1. The van der Waals surface area contributed by atoms with Crippen LogP contribution < -0.4 is 20.2 Å². The third-order valence-corrected chi connectivity index (χ3v) is 7.20. The van der Waals surface area contributed by atoms with Crippen LogP contribution in [0.15, 0.2) is 99.0 Å². The van der Waals surface area contributed by atoms with E-state index in [2.05, 4.69) is 47.7 Å². The molecule has 0 bridgehead atoms. The Bertz CT molecular complexity index is 1850. The van der Waals surface area contributed by atoms with Crippen molar-refractivity contribution in [2.75, 3.05) is 12.4 Å². The molecule has 4 aromatic carbocycles. The molecule has 0 aliphatic rings. The second-order valence-corrected chi connectivity index (χ2v) is 11.2. The summed E-state index contributed by atoms with van der Waals surface area (Å²) in [4.78, 5) is 48.5. The molecule has 0 heterocycles. The first-order chi connectivity index (χ1) is 21.5. The van der Waals surface area contributed by atoms with Crippen LogP contribution in [-0.4, -0.2) is 36.0 Å². The summed E-state index contributed by atoms with van der Waals surface area (Å²) in [7, 11) is 1.44. The molecule has 0 atom stereocenters. The Morgan fingerprint density at radius 2 is 1.73 bits per heavy atom. The van der Waals surface area contributed by atoms with Crippen molar-refractivity contribution in [1.29, 1.82) is 0 Å². The number of hydrogen-bond acceptors (Lipinski definition) is 8. The number of hydrazone groups is 1. The molecule has 2 amide bonds. The van der Waals surface area contributed by atoms with Crippen molar-refractivity contribution < 1.29 is 28.8 Å². The van der Waals surface area contributed by atoms with Crippen LogP contribution in [-0.2, 0) is 4.79 Å². The second kappa shape index (κ2) is 15.2. The van der Waals surface area contributed by atoms with Crippen LogP contribution in [0.3, 0.4) is 0 Å². The lowest BCUT2D eigenvalue weighted by atomic mass is 10.1. The molecule has 0 spiro atoms. The quantitative estimate of drug-likeness (QED) is 0.0427. The highest BCUT2D eigenvalue weighted by molar-refractivity contribution is 9.11. The Morgan fingerprint density at radius 1 is 0.978 bits per heavy atom. The fourth-order valence-electron chi connectivity index (χ4n) is 3.81. The number of ether oxygens (including phenoxy) is 2. The molecule has 0 saturated heterocycles. The SMILES string of the molecule is COc1ccc(Cl)cc1C(=O)Nc1cccc(C(=O)NN=Cc2cc(Br)cc(Br)c2OC(=O)/C=C/c2ccc([N+](=O)[O-])cc2)c1. The Kier molecular flexibility index (Phi) is 11.2. The predicted octanol–water partition coefficient (Wildman–Crippen LogP) is 7.42. The van der Waals surface area contributed by atoms with Gasteiger partial charge in [0.2, 0.25) is 0 Å². The lowest BCUT2D eigenvalue weighted by molar-refractivity contribution is -0.384. The molecular formula is C31H21Br2ClN4O7. The van der Waals surface area contributed by atoms with Gasteiger partial charge in [0.05, 0.1) is 28.3 Å². The molecular weight excluding hydrogens is 736 g/mol. The molecule has 0 aliphatic heterocycles. The van der Waals surface area contributed by atoms with E-state index in [1.165, 1.54) is 61.9 Å². The third-order valence-electron chi connectivity index (χ3n) is 5.91. The second-order valence-electron chi connectivity index (χ2n) is 8.99. The summed E-state index contributed by atoms with van der Waals surface area (Å²) < 4.78 is 11.8. The summed E-state index contributed by atoms with van der Waals surface area (Å²) in [6.45, 7) is 0. The number of non-ortho nitro benzene ring substituents is 1. The minimum atomic E-state index is -0.718. The van der Waals surface area contributed by atoms with Crippen molar-refractivity contribution in [3.8, 4) is 11.5 Å². The average Bonchev–Trinajstić information content (AvgIpc) is 3.01. The Balaban J connectivity index is 1.43. The predicted molar refractivity (Wildman–Crippen MR) is 177 cm³/mol. The van der Waals surface area contributed by atoms with E-state index >= 15 is 0 Å². The lowest BCUT2D eigenvalue weighted by Crippen LogP contribution is -2.18. The van der Waals surface area contributed by atoms with Gasteiger partial charge in [0, 0.05) is 44.5 Å². The highest BCUT2D eigenvalue weighted by Gasteiger charge is 2.15. The number of anilines is 1. The van der Waals surface area contributed by atoms with E-state index in [9.17, 15) is 24.5 Å². The van der Waals surface area contributed by atoms with Crippen molar-refractivity contribution in [3.63, 3.8) is 0 Å². The summed E-state index contributed by atoms with van der Waals surface area (Å²) in [6, 6.07) is 19.8. The van der Waals surface area contributed by atoms with Crippen molar-refractivity contribution in [1.82, 2.24) is 5.43 Å². The fraction of sp³-hybridized carbons (Fsp3) is 0.0323. The molecule has 4 rings (SSSR count). The van der Waals surface area contributed by atoms with E-state index in [0.29, 0.717) is 36.5 Å². The van der Waals surface area contributed by atoms with Gasteiger partial charge in [-0.25, -0.2) is 10.2 Å². The summed E-state index contributed by atoms with van der Waals surface area (Å²) in [6.07, 6.45) is 3.93. The number of amides is 2. The zero-order valence-corrected chi connectivity index (χ0v) is 27.1. The number of esters is 1. The van der Waals surface area contributed by atoms with Gasteiger partial charge in [0.15, 0.2) is 5.75 Å². The monoisotopic (exact) mass is 754 g/mol. The van der Waals surface area contributed by atoms with Crippen molar-refractivity contribution in [2.24, 2.45) is 5.10 Å². The molecule has 0 unspecified atom stereocenters. The minimum Gasteiger partial charge on any atom is -0.496 e. The number of halogens is 3. The van der Waals surface area contributed by atoms with Gasteiger partial charge in [-0.3, -0.25) is 19.7 Å². The summed E-state index contributed by atoms with van der Waals surface area (Å²) in [5.41, 5.74) is 4.04. The number of hydrogen-bond donors (Lipinski definition) is 2. The maximum Gasteiger partial charge on any atom is 0.336 e. The van der Waals surface area contributed by atoms with Crippen LogP contribution in [0, 0.1) is 10.1 Å². The number of methoxy groups -OCH3 is 1. The topological polar surface area (TPSA) is 149 Å². The molecule has 0 saturated carbocycles. The minimum absolute atomic E-state index is 0.0705. The lowest BCUT2D eigenvalue weighted by Gasteiger charge is -2.11. The van der Waals surface area contributed by atoms with Gasteiger partial charge in [-0.05, 0) is 88.2 Å². The van der Waals surface area contributed by atoms with E-state index < -0.39 is 22.7 Å². The first kappa shape index (κ1) is 33.1. The standard InChI is InChI=1S/C31H21Br2ClN4O7/c1-44-27-11-8-22(34)16-25(27)31(41)36-23-4-2-3-19(14-23)30(40)37-35-17-20-13-21(32)15-26(33)29(20)45-28(39)12-7-18-5-9-24(10-6-18)38(42)43/h2-17H,1H3,(H,36,41)(H,37,40)/b12-7+,35-17?. The van der Waals surface area contributed by atoms with E-state index in [-0.39, 0.29) is 22.6 Å². The normalized spacial score (nSPS) is 10.9. The number of rotatable bonds is 10. The van der Waals surface area contributed by atoms with Crippen molar-refractivity contribution in [2.45, 2.75) is 0 Å². The Morgan fingerprint density at radius 3 is 2.44 bits per heavy atom. The van der Waals surface area contributed by atoms with Crippen LogP contribution in [0.1, 0.15) is 31.8 Å². The number of carbonyl (C=O) groups is 3. The van der Waals surface area contributed by atoms with Gasteiger partial charge >= 0.3 is 5.97 Å². The van der Waals surface area contributed by atoms with E-state index in [1.54, 1.807) is 42.5 Å². The number of nitro benzene ring substituents is 1. The van der Waals surface area contributed by atoms with Gasteiger partial charge in [0.1, 0.15) is 5.75 Å². The van der Waals surface area contributed by atoms with Gasteiger partial charge in [-0.1, -0.05) is 33.6 Å². The van der Waals surface area contributed by atoms with Gasteiger partial charge in [0.25, 0.3) is 17.5 Å². The van der Waals surface area contributed by atoms with Gasteiger partial charge in [-0.2, -0.15) is 5.10 Å². The molecule has 0 fully saturated rings. The third kappa shape index (κ3) is 9.08. The average molecular weight is 757 g/mol. The van der Waals surface area contributed by atoms with Crippen LogP contribution in [0.25, 0.3) is 6.08 Å². The van der Waals surface area contributed by atoms with Crippen LogP contribution in [0.4, 0.5) is 11.4 Å². The van der Waals surface area contributed by atoms with Crippen LogP contribution in [0.5, 0.6) is 11.5 Å². The van der Waals surface area contributed by atoms with Crippen molar-refractivity contribution >= 4 is 84.9 Å². The van der Waals surface area contributed by atoms with Gasteiger partial charge < -0.3 is 14.8 Å². The van der Waals surface area contributed by atoms with Crippen molar-refractivity contribution in [3.05, 3.63) is 131 Å². The smallest absolute Gasteiger partial charge is 0.336 e. The Labute approximate surface area is 278 Å². The first-order valence-electron chi connectivity index (χ1n) is 12.8. The maximum absolute atomic E-state index is 12.8. The van der Waals surface area contributed by atoms with E-state index in [0.717, 1.165) is 0 Å². The fourth-order valence-corrected chi connectivity index (χ4v) is 5.32. The van der Waals surface area contributed by atoms with E-state index in [1.807, 2.05) is 0 Å². The number of nitrogens with zero attached hydrogens (tertiary/aromatic N) is 2. The number of benzene rings is 4. The first-order valence-corrected chi connectivity index (χ1v) is 14.7. The molecule has 0 radical (unpaired) electrons. The summed E-state index contributed by atoms with van der Waals surface area (Å²) >= 11 is 12.8. The summed E-state index contributed by atoms with van der Waals surface area (Å²) in [5.74, 6) is -1.29. The zero-order chi connectivity index (χ0) is 32.5. The maximum atomic E-state index is 12.8. The zero-order valence-electron chi connectivity index (χ0n) is 23.1. The molecule has 11 nitrogen and oxygen atoms in total. The number of nitrogens with one attached hydrogen (secondary N) is 2. The molecule has 4 aromatic rings. The summed E-state index contributed by atoms with van der Waals surface area (Å²) in [5, 5.41) is 17.9. The van der Waals surface area contributed by atoms with E-state index in [4.69, 9.17) is 21.1 Å². The molecule has 2 N–H and O–H groups in total. The molecule has 228 valence electrons.